The predicted octanol–water partition coefficient (Wildman–Crippen LogP) is 14.8. The van der Waals surface area contributed by atoms with E-state index in [4.69, 9.17) is 0 Å². The first-order valence-corrected chi connectivity index (χ1v) is 18.9. The summed E-state index contributed by atoms with van der Waals surface area (Å²) < 4.78 is 0. The highest BCUT2D eigenvalue weighted by Gasteiger charge is 2.37. The summed E-state index contributed by atoms with van der Waals surface area (Å²) in [5.41, 5.74) is 15.8. The van der Waals surface area contributed by atoms with Crippen LogP contribution in [0.3, 0.4) is 0 Å². The lowest BCUT2D eigenvalue weighted by atomic mass is 9.66. The van der Waals surface area contributed by atoms with Gasteiger partial charge in [-0.1, -0.05) is 184 Å². The van der Waals surface area contributed by atoms with Crippen LogP contribution in [0.5, 0.6) is 0 Å². The van der Waals surface area contributed by atoms with E-state index in [1.54, 1.807) is 0 Å². The molecule has 0 aromatic heterocycles. The fourth-order valence-electron chi connectivity index (χ4n) is 8.90. The summed E-state index contributed by atoms with van der Waals surface area (Å²) in [6, 6.07) is 73.3. The molecule has 1 aliphatic carbocycles. The van der Waals surface area contributed by atoms with Crippen LogP contribution in [0.4, 0.5) is 17.1 Å². The second-order valence-electron chi connectivity index (χ2n) is 14.9. The molecule has 9 aromatic rings. The van der Waals surface area contributed by atoms with Crippen molar-refractivity contribution in [2.75, 3.05) is 4.90 Å². The molecule has 1 heteroatoms. The van der Waals surface area contributed by atoms with Crippen LogP contribution >= 0.6 is 0 Å². The third kappa shape index (κ3) is 5.16. The highest BCUT2D eigenvalue weighted by molar-refractivity contribution is 6.12. The molecule has 1 nitrogen and oxygen atoms in total. The van der Waals surface area contributed by atoms with Crippen LogP contribution in [0.1, 0.15) is 25.0 Å². The molecular formula is C53H39N. The third-order valence-electron chi connectivity index (χ3n) is 11.4. The zero-order valence-corrected chi connectivity index (χ0v) is 30.5. The molecule has 256 valence electrons. The smallest absolute Gasteiger partial charge is 0.0546 e. The van der Waals surface area contributed by atoms with Crippen molar-refractivity contribution in [3.05, 3.63) is 211 Å². The van der Waals surface area contributed by atoms with E-state index in [1.165, 1.54) is 82.9 Å². The Morgan fingerprint density at radius 2 is 0.870 bits per heavy atom. The van der Waals surface area contributed by atoms with Gasteiger partial charge in [-0.3, -0.25) is 0 Å². The Morgan fingerprint density at radius 1 is 0.370 bits per heavy atom. The summed E-state index contributed by atoms with van der Waals surface area (Å²) in [6.07, 6.45) is 0. The fraction of sp³-hybridized carbons (Fsp3) is 0.0566. The highest BCUT2D eigenvalue weighted by Crippen LogP contribution is 2.56. The maximum Gasteiger partial charge on any atom is 0.0546 e. The van der Waals surface area contributed by atoms with Crippen LogP contribution in [0, 0.1) is 0 Å². The van der Waals surface area contributed by atoms with E-state index in [1.807, 2.05) is 0 Å². The summed E-state index contributed by atoms with van der Waals surface area (Å²) in [5.74, 6) is 0. The summed E-state index contributed by atoms with van der Waals surface area (Å²) in [6.45, 7) is 4.82. The van der Waals surface area contributed by atoms with Gasteiger partial charge in [0, 0.05) is 22.4 Å². The zero-order chi connectivity index (χ0) is 36.2. The van der Waals surface area contributed by atoms with E-state index in [0.717, 1.165) is 11.4 Å². The number of hydrogen-bond acceptors (Lipinski definition) is 1. The zero-order valence-electron chi connectivity index (χ0n) is 30.5. The van der Waals surface area contributed by atoms with Crippen LogP contribution in [-0.2, 0) is 5.41 Å². The van der Waals surface area contributed by atoms with E-state index in [2.05, 4.69) is 219 Å². The molecule has 9 aromatic carbocycles. The molecule has 0 saturated carbocycles. The summed E-state index contributed by atoms with van der Waals surface area (Å²) >= 11 is 0. The molecule has 0 fully saturated rings. The van der Waals surface area contributed by atoms with Gasteiger partial charge in [0.15, 0.2) is 0 Å². The molecule has 0 unspecified atom stereocenters. The van der Waals surface area contributed by atoms with Gasteiger partial charge >= 0.3 is 0 Å². The number of nitrogens with zero attached hydrogens (tertiary/aromatic N) is 1. The minimum absolute atomic E-state index is 0.243. The first-order valence-electron chi connectivity index (χ1n) is 18.9. The molecule has 0 bridgehead atoms. The van der Waals surface area contributed by atoms with Crippen LogP contribution in [0.25, 0.3) is 66.1 Å². The van der Waals surface area contributed by atoms with Crippen molar-refractivity contribution in [1.82, 2.24) is 0 Å². The minimum atomic E-state index is -0.243. The van der Waals surface area contributed by atoms with Gasteiger partial charge in [-0.15, -0.1) is 0 Å². The van der Waals surface area contributed by atoms with Crippen molar-refractivity contribution in [3.63, 3.8) is 0 Å². The second-order valence-corrected chi connectivity index (χ2v) is 14.9. The highest BCUT2D eigenvalue weighted by atomic mass is 15.1. The number of anilines is 3. The van der Waals surface area contributed by atoms with Gasteiger partial charge in [-0.05, 0) is 102 Å². The molecule has 0 N–H and O–H groups in total. The van der Waals surface area contributed by atoms with Crippen molar-refractivity contribution < 1.29 is 0 Å². The summed E-state index contributed by atoms with van der Waals surface area (Å²) in [4.78, 5) is 2.46. The fourth-order valence-corrected chi connectivity index (χ4v) is 8.90. The van der Waals surface area contributed by atoms with Crippen molar-refractivity contribution in [2.45, 2.75) is 19.3 Å². The van der Waals surface area contributed by atoms with Gasteiger partial charge in [0.25, 0.3) is 0 Å². The largest absolute Gasteiger partial charge is 0.310 e. The number of hydrogen-bond donors (Lipinski definition) is 0. The van der Waals surface area contributed by atoms with Gasteiger partial charge in [-0.2, -0.15) is 0 Å². The van der Waals surface area contributed by atoms with E-state index in [9.17, 15) is 0 Å². The lowest BCUT2D eigenvalue weighted by Crippen LogP contribution is -2.25. The Hall–Kier alpha value is -6.70. The van der Waals surface area contributed by atoms with Gasteiger partial charge in [0.1, 0.15) is 0 Å². The molecule has 0 amide bonds. The first kappa shape index (κ1) is 32.0. The first-order chi connectivity index (χ1) is 26.6. The second kappa shape index (κ2) is 12.8. The topological polar surface area (TPSA) is 3.24 Å². The van der Waals surface area contributed by atoms with Crippen molar-refractivity contribution >= 4 is 38.6 Å². The number of benzene rings is 9. The van der Waals surface area contributed by atoms with Crippen LogP contribution in [0.2, 0.25) is 0 Å². The van der Waals surface area contributed by atoms with Crippen LogP contribution in [-0.4, -0.2) is 0 Å². The maximum absolute atomic E-state index is 2.46. The Morgan fingerprint density at radius 3 is 1.54 bits per heavy atom. The van der Waals surface area contributed by atoms with E-state index in [-0.39, 0.29) is 5.41 Å². The molecule has 1 aliphatic rings. The predicted molar refractivity (Wildman–Crippen MR) is 230 cm³/mol. The number of fused-ring (bicyclic) bond motifs is 3. The number of rotatable bonds is 6. The van der Waals surface area contributed by atoms with Gasteiger partial charge in [-0.25, -0.2) is 0 Å². The molecule has 0 saturated heterocycles. The van der Waals surface area contributed by atoms with Crippen LogP contribution in [0.15, 0.2) is 200 Å². The summed E-state index contributed by atoms with van der Waals surface area (Å²) in [5, 5.41) is 5.13. The third-order valence-corrected chi connectivity index (χ3v) is 11.4. The lowest BCUT2D eigenvalue weighted by molar-refractivity contribution is 0.647. The molecule has 54 heavy (non-hydrogen) atoms. The van der Waals surface area contributed by atoms with E-state index >= 15 is 0 Å². The Kier molecular flexibility index (Phi) is 7.56. The van der Waals surface area contributed by atoms with E-state index in [0.29, 0.717) is 0 Å². The molecule has 0 aliphatic heterocycles. The van der Waals surface area contributed by atoms with Crippen LogP contribution < -0.4 is 4.90 Å². The van der Waals surface area contributed by atoms with Gasteiger partial charge in [0.05, 0.1) is 5.69 Å². The lowest BCUT2D eigenvalue weighted by Gasteiger charge is -2.39. The molecule has 0 spiro atoms. The Balaban J connectivity index is 1.24. The minimum Gasteiger partial charge on any atom is -0.310 e. The van der Waals surface area contributed by atoms with Crippen molar-refractivity contribution in [3.8, 4) is 44.5 Å². The maximum atomic E-state index is 2.46. The van der Waals surface area contributed by atoms with Crippen molar-refractivity contribution in [2.24, 2.45) is 0 Å². The molecule has 0 heterocycles. The molecule has 0 atom stereocenters. The molecular weight excluding hydrogens is 651 g/mol. The van der Waals surface area contributed by atoms with Gasteiger partial charge < -0.3 is 4.90 Å². The SMILES string of the molecule is CC1(C)c2c(-c3cccc4ccccc34)cccc2-c2c(N(c3ccc(-c4ccccc4)cc3)c3ccc(-c4ccccc4)cc3)ccc3cccc1c23. The average Bonchev–Trinajstić information content (AvgIpc) is 3.24. The molecule has 10 rings (SSSR count). The standard InChI is InChI=1S/C53H39N/c1-53(2)48-25-12-20-41-30-35-49(51(50(41)48)47-24-13-23-46(52(47)53)45-22-11-19-40-18-9-10-21-44(40)45)54(42-31-26-38(27-32-42)36-14-5-3-6-15-36)43-33-28-39(29-34-43)37-16-7-4-8-17-37/h3-35H,1-2H3. The van der Waals surface area contributed by atoms with Crippen molar-refractivity contribution in [1.29, 1.82) is 0 Å². The monoisotopic (exact) mass is 689 g/mol. The quantitative estimate of drug-likeness (QED) is 0.168. The normalized spacial score (nSPS) is 12.8. The van der Waals surface area contributed by atoms with Gasteiger partial charge in [0.2, 0.25) is 0 Å². The Labute approximate surface area is 317 Å². The summed E-state index contributed by atoms with van der Waals surface area (Å²) in [7, 11) is 0. The Bertz CT molecular complexity index is 2730. The average molecular weight is 690 g/mol. The molecule has 0 radical (unpaired) electrons. The van der Waals surface area contributed by atoms with E-state index < -0.39 is 0 Å².